The van der Waals surface area contributed by atoms with Crippen molar-refractivity contribution in [2.24, 2.45) is 0 Å². The Morgan fingerprint density at radius 2 is 2.15 bits per heavy atom. The van der Waals surface area contributed by atoms with E-state index in [4.69, 9.17) is 5.73 Å². The van der Waals surface area contributed by atoms with Crippen molar-refractivity contribution >= 4 is 32.2 Å². The van der Waals surface area contributed by atoms with Crippen LogP contribution in [0, 0.1) is 5.82 Å². The number of hydrogen-bond donors (Lipinski definition) is 2. The number of benzene rings is 1. The predicted molar refractivity (Wildman–Crippen MR) is 75.8 cm³/mol. The van der Waals surface area contributed by atoms with Crippen molar-refractivity contribution in [1.82, 2.24) is 4.98 Å². The number of halogens is 1. The Morgan fingerprint density at radius 3 is 2.85 bits per heavy atom. The van der Waals surface area contributed by atoms with Gasteiger partial charge in [0.15, 0.2) is 5.13 Å². The van der Waals surface area contributed by atoms with E-state index in [9.17, 15) is 12.8 Å². The van der Waals surface area contributed by atoms with Crippen LogP contribution in [0.25, 0.3) is 0 Å². The molecule has 2 aromatic rings. The van der Waals surface area contributed by atoms with Gasteiger partial charge in [-0.2, -0.15) is 0 Å². The lowest BCUT2D eigenvalue weighted by Gasteiger charge is -2.06. The highest BCUT2D eigenvalue weighted by atomic mass is 32.2. The molecule has 1 aliphatic rings. The smallest absolute Gasteiger partial charge is 0.263 e. The Bertz CT molecular complexity index is 750. The topological polar surface area (TPSA) is 85.1 Å². The zero-order chi connectivity index (χ0) is 14.3. The normalized spacial score (nSPS) is 14.2. The van der Waals surface area contributed by atoms with Crippen LogP contribution in [0.1, 0.15) is 17.0 Å². The third-order valence-electron chi connectivity index (χ3n) is 3.10. The molecule has 3 N–H and O–H groups in total. The molecule has 0 atom stereocenters. The molecule has 8 heteroatoms. The molecule has 20 heavy (non-hydrogen) atoms. The fourth-order valence-corrected chi connectivity index (χ4v) is 4.42. The maximum absolute atomic E-state index is 13.1. The van der Waals surface area contributed by atoms with E-state index in [0.717, 1.165) is 42.0 Å². The van der Waals surface area contributed by atoms with Gasteiger partial charge >= 0.3 is 0 Å². The van der Waals surface area contributed by atoms with Gasteiger partial charge < -0.3 is 5.73 Å². The lowest BCUT2D eigenvalue weighted by Crippen LogP contribution is -2.13. The van der Waals surface area contributed by atoms with Crippen LogP contribution in [-0.4, -0.2) is 13.4 Å². The zero-order valence-electron chi connectivity index (χ0n) is 10.4. The molecule has 0 radical (unpaired) electrons. The third-order valence-corrected chi connectivity index (χ3v) is 5.63. The molecule has 5 nitrogen and oxygen atoms in total. The number of rotatable bonds is 3. The first-order chi connectivity index (χ1) is 9.45. The molecule has 1 aromatic heterocycles. The molecule has 1 heterocycles. The van der Waals surface area contributed by atoms with Crippen molar-refractivity contribution in [1.29, 1.82) is 0 Å². The molecular weight excluding hydrogens is 301 g/mol. The van der Waals surface area contributed by atoms with Crippen LogP contribution in [0.4, 0.5) is 15.2 Å². The number of nitrogens with zero attached hydrogens (tertiary/aromatic N) is 1. The van der Waals surface area contributed by atoms with E-state index in [1.807, 2.05) is 0 Å². The molecule has 106 valence electrons. The molecule has 0 saturated carbocycles. The Kier molecular flexibility index (Phi) is 3.14. The van der Waals surface area contributed by atoms with Gasteiger partial charge in [0, 0.05) is 4.88 Å². The highest BCUT2D eigenvalue weighted by Crippen LogP contribution is 2.31. The highest BCUT2D eigenvalue weighted by Gasteiger charge is 2.21. The van der Waals surface area contributed by atoms with Crippen LogP contribution >= 0.6 is 11.3 Å². The number of nitrogen functional groups attached to an aromatic ring is 1. The molecule has 0 fully saturated rings. The molecule has 1 aliphatic carbocycles. The van der Waals surface area contributed by atoms with Crippen molar-refractivity contribution in [2.45, 2.75) is 24.2 Å². The molecular formula is C12H12FN3O2S2. The molecule has 0 aliphatic heterocycles. The first-order valence-electron chi connectivity index (χ1n) is 6.02. The summed E-state index contributed by atoms with van der Waals surface area (Å²) in [4.78, 5) is 5.31. The molecule has 0 unspecified atom stereocenters. The molecule has 0 amide bonds. The van der Waals surface area contributed by atoms with Gasteiger partial charge in [-0.15, -0.1) is 11.3 Å². The van der Waals surface area contributed by atoms with Crippen LogP contribution in [0.2, 0.25) is 0 Å². The summed E-state index contributed by atoms with van der Waals surface area (Å²) < 4.78 is 39.8. The lowest BCUT2D eigenvalue weighted by molar-refractivity contribution is 0.600. The van der Waals surface area contributed by atoms with E-state index in [-0.39, 0.29) is 10.6 Å². The summed E-state index contributed by atoms with van der Waals surface area (Å²) in [5.74, 6) is -0.642. The second-order valence-corrected chi connectivity index (χ2v) is 7.30. The second kappa shape index (κ2) is 4.71. The molecule has 0 bridgehead atoms. The van der Waals surface area contributed by atoms with Gasteiger partial charge in [-0.05, 0) is 37.5 Å². The van der Waals surface area contributed by atoms with Crippen LogP contribution in [0.3, 0.4) is 0 Å². The summed E-state index contributed by atoms with van der Waals surface area (Å²) in [6.45, 7) is 0. The van der Waals surface area contributed by atoms with Gasteiger partial charge in [-0.3, -0.25) is 4.72 Å². The number of thiazole rings is 1. The van der Waals surface area contributed by atoms with E-state index in [0.29, 0.717) is 5.13 Å². The maximum Gasteiger partial charge on any atom is 0.263 e. The number of fused-ring (bicyclic) bond motifs is 1. The summed E-state index contributed by atoms with van der Waals surface area (Å²) in [7, 11) is -3.79. The van der Waals surface area contributed by atoms with Crippen molar-refractivity contribution < 1.29 is 12.8 Å². The minimum atomic E-state index is -3.79. The highest BCUT2D eigenvalue weighted by molar-refractivity contribution is 7.93. The van der Waals surface area contributed by atoms with Crippen molar-refractivity contribution in [3.05, 3.63) is 34.6 Å². The van der Waals surface area contributed by atoms with E-state index < -0.39 is 15.8 Å². The fraction of sp³-hybridized carbons (Fsp3) is 0.250. The van der Waals surface area contributed by atoms with Gasteiger partial charge in [-0.25, -0.2) is 17.8 Å². The van der Waals surface area contributed by atoms with Crippen molar-refractivity contribution in [3.63, 3.8) is 0 Å². The van der Waals surface area contributed by atoms with Gasteiger partial charge in [0.05, 0.1) is 16.3 Å². The first-order valence-corrected chi connectivity index (χ1v) is 8.32. The average molecular weight is 313 g/mol. The van der Waals surface area contributed by atoms with E-state index in [1.54, 1.807) is 0 Å². The van der Waals surface area contributed by atoms with E-state index in [1.165, 1.54) is 17.4 Å². The molecule has 1 aromatic carbocycles. The molecule has 0 saturated heterocycles. The zero-order valence-corrected chi connectivity index (χ0v) is 12.0. The van der Waals surface area contributed by atoms with Gasteiger partial charge in [0.2, 0.25) is 0 Å². The van der Waals surface area contributed by atoms with E-state index in [2.05, 4.69) is 9.71 Å². The number of sulfonamides is 1. The van der Waals surface area contributed by atoms with Gasteiger partial charge in [0.1, 0.15) is 5.82 Å². The Labute approximate surface area is 119 Å². The third kappa shape index (κ3) is 2.36. The van der Waals surface area contributed by atoms with Gasteiger partial charge in [-0.1, -0.05) is 0 Å². The SMILES string of the molecule is Nc1cc(S(=O)(=O)Nc2nc3c(s2)CCC3)ccc1F. The van der Waals surface area contributed by atoms with Crippen molar-refractivity contribution in [3.8, 4) is 0 Å². The van der Waals surface area contributed by atoms with Crippen LogP contribution < -0.4 is 10.5 Å². The van der Waals surface area contributed by atoms with Crippen LogP contribution in [0.15, 0.2) is 23.1 Å². The maximum atomic E-state index is 13.1. The largest absolute Gasteiger partial charge is 0.396 e. The number of anilines is 2. The minimum absolute atomic E-state index is 0.0771. The summed E-state index contributed by atoms with van der Waals surface area (Å²) in [6.07, 6.45) is 2.89. The summed E-state index contributed by atoms with van der Waals surface area (Å²) >= 11 is 1.34. The van der Waals surface area contributed by atoms with Gasteiger partial charge in [0.25, 0.3) is 10.0 Å². The van der Waals surface area contributed by atoms with E-state index >= 15 is 0 Å². The number of nitrogens with two attached hydrogens (primary N) is 1. The number of nitrogens with one attached hydrogen (secondary N) is 1. The molecule has 0 spiro atoms. The Morgan fingerprint density at radius 1 is 1.35 bits per heavy atom. The number of aromatic nitrogens is 1. The Hall–Kier alpha value is -1.67. The first kappa shape index (κ1) is 13.3. The minimum Gasteiger partial charge on any atom is -0.396 e. The quantitative estimate of drug-likeness (QED) is 0.850. The molecule has 3 rings (SSSR count). The summed E-state index contributed by atoms with van der Waals surface area (Å²) in [5.41, 5.74) is 6.15. The summed E-state index contributed by atoms with van der Waals surface area (Å²) in [5, 5.41) is 0.345. The van der Waals surface area contributed by atoms with Crippen LogP contribution in [0.5, 0.6) is 0 Å². The van der Waals surface area contributed by atoms with Crippen molar-refractivity contribution in [2.75, 3.05) is 10.5 Å². The number of hydrogen-bond acceptors (Lipinski definition) is 5. The number of aryl methyl sites for hydroxylation is 2. The standard InChI is InChI=1S/C12H12FN3O2S2/c13-8-5-4-7(6-9(8)14)20(17,18)16-12-15-10-2-1-3-11(10)19-12/h4-6H,1-3,14H2,(H,15,16). The van der Waals surface area contributed by atoms with Crippen LogP contribution in [-0.2, 0) is 22.9 Å². The Balaban J connectivity index is 1.89. The second-order valence-electron chi connectivity index (χ2n) is 4.53. The predicted octanol–water partition coefficient (Wildman–Crippen LogP) is 2.15. The fourth-order valence-electron chi connectivity index (χ4n) is 2.10. The lowest BCUT2D eigenvalue weighted by atomic mass is 10.3. The monoisotopic (exact) mass is 313 g/mol. The average Bonchev–Trinajstić information content (AvgIpc) is 2.92. The summed E-state index contributed by atoms with van der Waals surface area (Å²) in [6, 6.07) is 3.31.